The van der Waals surface area contributed by atoms with Gasteiger partial charge in [0.2, 0.25) is 0 Å². The van der Waals surface area contributed by atoms with E-state index < -0.39 is 27.7 Å². The van der Waals surface area contributed by atoms with Gasteiger partial charge in [0, 0.05) is 11.1 Å². The zero-order chi connectivity index (χ0) is 15.6. The number of benzene rings is 1. The Morgan fingerprint density at radius 3 is 2.57 bits per heavy atom. The number of hydrogen-bond donors (Lipinski definition) is 2. The normalized spacial score (nSPS) is 13.0. The summed E-state index contributed by atoms with van der Waals surface area (Å²) < 4.78 is 26.6. The summed E-state index contributed by atoms with van der Waals surface area (Å²) in [6.07, 6.45) is 0. The molecular weight excluding hydrogens is 336 g/mol. The molecule has 112 valence electrons. The van der Waals surface area contributed by atoms with Crippen LogP contribution in [0.1, 0.15) is 29.0 Å². The molecule has 2 rings (SSSR count). The van der Waals surface area contributed by atoms with Gasteiger partial charge in [-0.15, -0.1) is 11.3 Å². The predicted molar refractivity (Wildman–Crippen MR) is 79.3 cm³/mol. The first-order valence-electron chi connectivity index (χ1n) is 5.76. The highest BCUT2D eigenvalue weighted by molar-refractivity contribution is 7.91. The second-order valence-electron chi connectivity index (χ2n) is 4.19. The predicted octanol–water partition coefficient (Wildman–Crippen LogP) is 2.53. The van der Waals surface area contributed by atoms with Crippen LogP contribution in [0.5, 0.6) is 0 Å². The summed E-state index contributed by atoms with van der Waals surface area (Å²) in [6.45, 7) is 1.66. The van der Waals surface area contributed by atoms with Crippen molar-refractivity contribution in [3.63, 3.8) is 0 Å². The second kappa shape index (κ2) is 6.10. The first-order valence-corrected chi connectivity index (χ1v) is 8.50. The highest BCUT2D eigenvalue weighted by atomic mass is 35.5. The first-order chi connectivity index (χ1) is 9.81. The minimum Gasteiger partial charge on any atom is -0.476 e. The molecule has 0 spiro atoms. The number of carboxylic acid groups (broad SMARTS) is 1. The second-order valence-corrected chi connectivity index (χ2v) is 7.39. The molecule has 6 nitrogen and oxygen atoms in total. The van der Waals surface area contributed by atoms with Crippen LogP contribution in [-0.2, 0) is 10.0 Å². The number of halogens is 1. The fourth-order valence-corrected chi connectivity index (χ4v) is 4.19. The van der Waals surface area contributed by atoms with E-state index in [1.54, 1.807) is 31.2 Å². The van der Waals surface area contributed by atoms with Crippen LogP contribution < -0.4 is 4.72 Å². The average Bonchev–Trinajstić information content (AvgIpc) is 2.89. The Kier molecular flexibility index (Phi) is 4.62. The third-order valence-corrected chi connectivity index (χ3v) is 5.85. The monoisotopic (exact) mass is 346 g/mol. The van der Waals surface area contributed by atoms with Gasteiger partial charge in [0.1, 0.15) is 0 Å². The minimum atomic E-state index is -3.96. The van der Waals surface area contributed by atoms with E-state index in [1.807, 2.05) is 0 Å². The van der Waals surface area contributed by atoms with Crippen LogP contribution in [0.2, 0.25) is 5.02 Å². The highest BCUT2D eigenvalue weighted by Crippen LogP contribution is 2.23. The molecule has 2 aromatic rings. The molecule has 0 amide bonds. The Hall–Kier alpha value is -1.48. The van der Waals surface area contributed by atoms with E-state index in [0.717, 1.165) is 11.3 Å². The Bertz CT molecular complexity index is 756. The summed E-state index contributed by atoms with van der Waals surface area (Å²) in [6, 6.07) is 6.16. The molecule has 0 saturated carbocycles. The lowest BCUT2D eigenvalue weighted by molar-refractivity contribution is 0.0687. The van der Waals surface area contributed by atoms with Gasteiger partial charge >= 0.3 is 5.97 Å². The zero-order valence-corrected chi connectivity index (χ0v) is 13.2. The lowest BCUT2D eigenvalue weighted by Gasteiger charge is -2.14. The molecule has 1 aromatic carbocycles. The molecule has 1 unspecified atom stereocenters. The standard InChI is InChI=1S/C12H11ClN2O4S2/c1-7(8-2-4-9(13)5-3-8)15-21(18,19)12-10(11(16)17)14-6-20-12/h2-7,15H,1H3,(H,16,17). The summed E-state index contributed by atoms with van der Waals surface area (Å²) in [4.78, 5) is 14.5. The van der Waals surface area contributed by atoms with Gasteiger partial charge in [-0.25, -0.2) is 22.9 Å². The number of carboxylic acids is 1. The molecule has 1 atom stereocenters. The van der Waals surface area contributed by atoms with Crippen molar-refractivity contribution in [2.24, 2.45) is 0 Å². The molecule has 0 bridgehead atoms. The number of nitrogens with zero attached hydrogens (tertiary/aromatic N) is 1. The van der Waals surface area contributed by atoms with E-state index in [-0.39, 0.29) is 4.21 Å². The van der Waals surface area contributed by atoms with Gasteiger partial charge in [-0.2, -0.15) is 0 Å². The number of rotatable bonds is 5. The smallest absolute Gasteiger partial charge is 0.356 e. The molecule has 1 aromatic heterocycles. The zero-order valence-electron chi connectivity index (χ0n) is 10.8. The Balaban J connectivity index is 2.27. The summed E-state index contributed by atoms with van der Waals surface area (Å²) in [7, 11) is -3.96. The Labute approximate surface area is 130 Å². The van der Waals surface area contributed by atoms with E-state index in [4.69, 9.17) is 16.7 Å². The summed E-state index contributed by atoms with van der Waals surface area (Å²) in [5.74, 6) is -1.38. The lowest BCUT2D eigenvalue weighted by Crippen LogP contribution is -2.27. The van der Waals surface area contributed by atoms with Gasteiger partial charge < -0.3 is 5.11 Å². The molecule has 0 aliphatic rings. The van der Waals surface area contributed by atoms with Gasteiger partial charge in [-0.05, 0) is 24.6 Å². The number of aromatic nitrogens is 1. The maximum Gasteiger partial charge on any atom is 0.356 e. The van der Waals surface area contributed by atoms with Gasteiger partial charge in [0.25, 0.3) is 10.0 Å². The number of nitrogens with one attached hydrogen (secondary N) is 1. The SMILES string of the molecule is CC(NS(=O)(=O)c1scnc1C(=O)O)c1ccc(Cl)cc1. The van der Waals surface area contributed by atoms with Gasteiger partial charge in [0.05, 0.1) is 5.51 Å². The van der Waals surface area contributed by atoms with E-state index in [9.17, 15) is 13.2 Å². The highest BCUT2D eigenvalue weighted by Gasteiger charge is 2.27. The van der Waals surface area contributed by atoms with Crippen LogP contribution in [0.25, 0.3) is 0 Å². The van der Waals surface area contributed by atoms with Crippen LogP contribution in [0.4, 0.5) is 0 Å². The van der Waals surface area contributed by atoms with Crippen molar-refractivity contribution >= 4 is 38.9 Å². The number of aromatic carboxylic acids is 1. The van der Waals surface area contributed by atoms with Gasteiger partial charge in [0.15, 0.2) is 9.90 Å². The van der Waals surface area contributed by atoms with Crippen LogP contribution in [0.3, 0.4) is 0 Å². The Morgan fingerprint density at radius 2 is 2.00 bits per heavy atom. The van der Waals surface area contributed by atoms with Crippen LogP contribution in [-0.4, -0.2) is 24.5 Å². The molecule has 0 aliphatic carbocycles. The maximum absolute atomic E-state index is 12.2. The third kappa shape index (κ3) is 3.59. The third-order valence-electron chi connectivity index (χ3n) is 2.68. The molecular formula is C12H11ClN2O4S2. The quantitative estimate of drug-likeness (QED) is 0.867. The number of carbonyl (C=O) groups is 1. The summed E-state index contributed by atoms with van der Waals surface area (Å²) in [5, 5.41) is 9.48. The van der Waals surface area contributed by atoms with Crippen molar-refractivity contribution in [2.45, 2.75) is 17.2 Å². The molecule has 1 heterocycles. The van der Waals surface area contributed by atoms with Crippen LogP contribution >= 0.6 is 22.9 Å². The number of thiazole rings is 1. The Morgan fingerprint density at radius 1 is 1.38 bits per heavy atom. The number of sulfonamides is 1. The van der Waals surface area contributed by atoms with Crippen molar-refractivity contribution in [1.82, 2.24) is 9.71 Å². The van der Waals surface area contributed by atoms with Crippen LogP contribution in [0.15, 0.2) is 34.0 Å². The van der Waals surface area contributed by atoms with Crippen molar-refractivity contribution in [3.8, 4) is 0 Å². The molecule has 21 heavy (non-hydrogen) atoms. The molecule has 0 radical (unpaired) electrons. The van der Waals surface area contributed by atoms with E-state index in [1.165, 1.54) is 5.51 Å². The summed E-state index contributed by atoms with van der Waals surface area (Å²) >= 11 is 6.54. The fourth-order valence-electron chi connectivity index (χ4n) is 1.67. The molecule has 0 fully saturated rings. The fraction of sp³-hybridized carbons (Fsp3) is 0.167. The maximum atomic E-state index is 12.2. The van der Waals surface area contributed by atoms with Gasteiger partial charge in [-0.1, -0.05) is 23.7 Å². The number of hydrogen-bond acceptors (Lipinski definition) is 5. The molecule has 2 N–H and O–H groups in total. The minimum absolute atomic E-state index is 0.309. The first kappa shape index (κ1) is 15.9. The van der Waals surface area contributed by atoms with E-state index >= 15 is 0 Å². The molecule has 9 heteroatoms. The molecule has 0 saturated heterocycles. The van der Waals surface area contributed by atoms with Crippen molar-refractivity contribution in [3.05, 3.63) is 46.1 Å². The van der Waals surface area contributed by atoms with Crippen molar-refractivity contribution in [2.75, 3.05) is 0 Å². The van der Waals surface area contributed by atoms with Crippen LogP contribution in [0, 0.1) is 0 Å². The average molecular weight is 347 g/mol. The topological polar surface area (TPSA) is 96.4 Å². The van der Waals surface area contributed by atoms with Crippen molar-refractivity contribution < 1.29 is 18.3 Å². The largest absolute Gasteiger partial charge is 0.476 e. The van der Waals surface area contributed by atoms with E-state index in [0.29, 0.717) is 10.6 Å². The lowest BCUT2D eigenvalue weighted by atomic mass is 10.1. The van der Waals surface area contributed by atoms with E-state index in [2.05, 4.69) is 9.71 Å². The van der Waals surface area contributed by atoms with Crippen molar-refractivity contribution in [1.29, 1.82) is 0 Å². The van der Waals surface area contributed by atoms with Gasteiger partial charge in [-0.3, -0.25) is 0 Å². The summed E-state index contributed by atoms with van der Waals surface area (Å²) in [5.41, 5.74) is 1.42. The molecule has 0 aliphatic heterocycles.